The van der Waals surface area contributed by atoms with Crippen LogP contribution in [0.3, 0.4) is 0 Å². The third-order valence-corrected chi connectivity index (χ3v) is 1.66. The van der Waals surface area contributed by atoms with Crippen molar-refractivity contribution in [2.75, 3.05) is 0 Å². The average Bonchev–Trinajstić information content (AvgIpc) is 2.05. The number of nitrogens with two attached hydrogens (primary N) is 1. The van der Waals surface area contributed by atoms with Crippen LogP contribution in [0.25, 0.3) is 0 Å². The van der Waals surface area contributed by atoms with Crippen molar-refractivity contribution in [2.45, 2.75) is 26.3 Å². The molecule has 60 valence electrons. The molecule has 2 nitrogen and oxygen atoms in total. The van der Waals surface area contributed by atoms with E-state index in [4.69, 9.17) is 5.73 Å². The van der Waals surface area contributed by atoms with E-state index in [0.717, 1.165) is 17.8 Å². The van der Waals surface area contributed by atoms with Gasteiger partial charge in [-0.25, -0.2) is 0 Å². The van der Waals surface area contributed by atoms with Crippen molar-refractivity contribution in [3.63, 3.8) is 0 Å². The first-order valence-electron chi connectivity index (χ1n) is 3.95. The zero-order chi connectivity index (χ0) is 8.27. The van der Waals surface area contributed by atoms with E-state index in [-0.39, 0.29) is 6.04 Å². The van der Waals surface area contributed by atoms with Crippen molar-refractivity contribution in [3.05, 3.63) is 29.6 Å². The normalized spacial score (nSPS) is 13.0. The summed E-state index contributed by atoms with van der Waals surface area (Å²) in [4.78, 5) is 4.37. The maximum Gasteiger partial charge on any atom is 0.0571 e. The largest absolute Gasteiger partial charge is 0.323 e. The van der Waals surface area contributed by atoms with Gasteiger partial charge < -0.3 is 5.73 Å². The molecule has 0 amide bonds. The molecule has 0 aliphatic heterocycles. The molecule has 0 aliphatic carbocycles. The number of hydrogen-bond acceptors (Lipinski definition) is 2. The molecule has 0 bridgehead atoms. The van der Waals surface area contributed by atoms with Gasteiger partial charge in [-0.15, -0.1) is 0 Å². The Morgan fingerprint density at radius 3 is 2.82 bits per heavy atom. The average molecular weight is 150 g/mol. The molecule has 1 unspecified atom stereocenters. The van der Waals surface area contributed by atoms with Gasteiger partial charge >= 0.3 is 0 Å². The van der Waals surface area contributed by atoms with Crippen LogP contribution >= 0.6 is 0 Å². The number of rotatable bonds is 2. The molecule has 0 spiro atoms. The molecule has 0 saturated carbocycles. The zero-order valence-electron chi connectivity index (χ0n) is 7.04. The fourth-order valence-corrected chi connectivity index (χ4v) is 0.949. The summed E-state index contributed by atoms with van der Waals surface area (Å²) in [5, 5.41) is 0. The van der Waals surface area contributed by atoms with Gasteiger partial charge in [-0.1, -0.05) is 13.0 Å². The molecule has 1 atom stereocenters. The fourth-order valence-electron chi connectivity index (χ4n) is 0.949. The highest BCUT2D eigenvalue weighted by atomic mass is 14.8. The standard InChI is InChI=1S/C9H14N2/c1-3-8-5-4-6-9(11-8)7(2)10/h4-7H,3,10H2,1-2H3. The SMILES string of the molecule is CCc1cccc(C(C)N)n1. The van der Waals surface area contributed by atoms with Gasteiger partial charge in [0.1, 0.15) is 0 Å². The highest BCUT2D eigenvalue weighted by molar-refractivity contribution is 5.13. The smallest absolute Gasteiger partial charge is 0.0571 e. The number of aryl methyl sites for hydroxylation is 1. The second-order valence-electron chi connectivity index (χ2n) is 2.70. The Kier molecular flexibility index (Phi) is 2.60. The van der Waals surface area contributed by atoms with Crippen LogP contribution in [0.4, 0.5) is 0 Å². The Morgan fingerprint density at radius 1 is 1.55 bits per heavy atom. The summed E-state index contributed by atoms with van der Waals surface area (Å²) in [5.74, 6) is 0. The molecule has 11 heavy (non-hydrogen) atoms. The number of nitrogens with zero attached hydrogens (tertiary/aromatic N) is 1. The first-order chi connectivity index (χ1) is 5.24. The maximum atomic E-state index is 5.67. The fraction of sp³-hybridized carbons (Fsp3) is 0.444. The molecule has 2 N–H and O–H groups in total. The lowest BCUT2D eigenvalue weighted by atomic mass is 10.2. The minimum absolute atomic E-state index is 0.0431. The van der Waals surface area contributed by atoms with Gasteiger partial charge in [0.2, 0.25) is 0 Å². The lowest BCUT2D eigenvalue weighted by molar-refractivity contribution is 0.769. The Morgan fingerprint density at radius 2 is 2.27 bits per heavy atom. The maximum absolute atomic E-state index is 5.67. The van der Waals surface area contributed by atoms with E-state index in [0.29, 0.717) is 0 Å². The van der Waals surface area contributed by atoms with Gasteiger partial charge in [-0.05, 0) is 25.5 Å². The van der Waals surface area contributed by atoms with Crippen molar-refractivity contribution >= 4 is 0 Å². The van der Waals surface area contributed by atoms with Crippen LogP contribution in [-0.2, 0) is 6.42 Å². The molecular weight excluding hydrogens is 136 g/mol. The summed E-state index contributed by atoms with van der Waals surface area (Å²) in [7, 11) is 0. The van der Waals surface area contributed by atoms with Gasteiger partial charge in [0, 0.05) is 11.7 Å². The van der Waals surface area contributed by atoms with E-state index in [1.165, 1.54) is 0 Å². The monoisotopic (exact) mass is 150 g/mol. The predicted octanol–water partition coefficient (Wildman–Crippen LogP) is 1.66. The van der Waals surface area contributed by atoms with Gasteiger partial charge in [-0.2, -0.15) is 0 Å². The van der Waals surface area contributed by atoms with Crippen LogP contribution < -0.4 is 5.73 Å². The minimum Gasteiger partial charge on any atom is -0.323 e. The third kappa shape index (κ3) is 2.02. The summed E-state index contributed by atoms with van der Waals surface area (Å²) in [6, 6.07) is 6.03. The first-order valence-corrected chi connectivity index (χ1v) is 3.95. The van der Waals surface area contributed by atoms with Crippen molar-refractivity contribution < 1.29 is 0 Å². The van der Waals surface area contributed by atoms with Crippen LogP contribution in [0, 0.1) is 0 Å². The van der Waals surface area contributed by atoms with Gasteiger partial charge in [-0.3, -0.25) is 4.98 Å². The summed E-state index contributed by atoms with van der Waals surface area (Å²) >= 11 is 0. The summed E-state index contributed by atoms with van der Waals surface area (Å²) in [6.45, 7) is 4.04. The number of hydrogen-bond donors (Lipinski definition) is 1. The Hall–Kier alpha value is -0.890. The highest BCUT2D eigenvalue weighted by Gasteiger charge is 1.99. The molecule has 1 aromatic heterocycles. The molecule has 2 heteroatoms. The predicted molar refractivity (Wildman–Crippen MR) is 46.2 cm³/mol. The molecule has 0 radical (unpaired) electrons. The van der Waals surface area contributed by atoms with Crippen molar-refractivity contribution in [3.8, 4) is 0 Å². The molecule has 0 saturated heterocycles. The summed E-state index contributed by atoms with van der Waals surface area (Å²) in [6.07, 6.45) is 0.973. The molecule has 1 rings (SSSR count). The van der Waals surface area contributed by atoms with E-state index in [1.54, 1.807) is 0 Å². The highest BCUT2D eigenvalue weighted by Crippen LogP contribution is 2.06. The molecule has 1 aromatic rings. The Labute approximate surface area is 67.5 Å². The van der Waals surface area contributed by atoms with E-state index >= 15 is 0 Å². The van der Waals surface area contributed by atoms with Crippen LogP contribution in [0.5, 0.6) is 0 Å². The van der Waals surface area contributed by atoms with Crippen molar-refractivity contribution in [2.24, 2.45) is 5.73 Å². The summed E-state index contributed by atoms with van der Waals surface area (Å²) < 4.78 is 0. The Balaban J connectivity index is 2.91. The number of aromatic nitrogens is 1. The second kappa shape index (κ2) is 3.49. The Bertz CT molecular complexity index is 231. The van der Waals surface area contributed by atoms with Gasteiger partial charge in [0.15, 0.2) is 0 Å². The topological polar surface area (TPSA) is 38.9 Å². The van der Waals surface area contributed by atoms with Crippen LogP contribution in [0.1, 0.15) is 31.3 Å². The molecular formula is C9H14N2. The molecule has 1 heterocycles. The lowest BCUT2D eigenvalue weighted by Crippen LogP contribution is -2.07. The minimum atomic E-state index is 0.0431. The van der Waals surface area contributed by atoms with Crippen molar-refractivity contribution in [1.29, 1.82) is 0 Å². The quantitative estimate of drug-likeness (QED) is 0.696. The second-order valence-corrected chi connectivity index (χ2v) is 2.70. The zero-order valence-corrected chi connectivity index (χ0v) is 7.04. The third-order valence-electron chi connectivity index (χ3n) is 1.66. The van der Waals surface area contributed by atoms with Gasteiger partial charge in [0.25, 0.3) is 0 Å². The first kappa shape index (κ1) is 8.21. The van der Waals surface area contributed by atoms with Crippen LogP contribution in [0.2, 0.25) is 0 Å². The molecule has 0 aliphatic rings. The van der Waals surface area contributed by atoms with Crippen LogP contribution in [0.15, 0.2) is 18.2 Å². The number of pyridine rings is 1. The van der Waals surface area contributed by atoms with E-state index in [9.17, 15) is 0 Å². The van der Waals surface area contributed by atoms with E-state index < -0.39 is 0 Å². The van der Waals surface area contributed by atoms with Crippen LogP contribution in [-0.4, -0.2) is 4.98 Å². The van der Waals surface area contributed by atoms with E-state index in [1.807, 2.05) is 25.1 Å². The molecule has 0 fully saturated rings. The van der Waals surface area contributed by atoms with E-state index in [2.05, 4.69) is 11.9 Å². The van der Waals surface area contributed by atoms with Gasteiger partial charge in [0.05, 0.1) is 5.69 Å². The molecule has 0 aromatic carbocycles. The lowest BCUT2D eigenvalue weighted by Gasteiger charge is -2.04. The van der Waals surface area contributed by atoms with Crippen molar-refractivity contribution in [1.82, 2.24) is 4.98 Å². The summed E-state index contributed by atoms with van der Waals surface area (Å²) in [5.41, 5.74) is 7.76.